The average Bonchev–Trinajstić information content (AvgIpc) is 4.56. The smallest absolute Gasteiger partial charge is 0.237 e. The fourth-order valence-corrected chi connectivity index (χ4v) is 14.1. The van der Waals surface area contributed by atoms with E-state index in [2.05, 4.69) is 264 Å². The molecule has 80 heavy (non-hydrogen) atoms. The van der Waals surface area contributed by atoms with Gasteiger partial charge in [0.25, 0.3) is 0 Å². The quantitative estimate of drug-likeness (QED) is 0.166. The molecule has 0 radical (unpaired) electrons. The fourth-order valence-electron chi connectivity index (χ4n) is 13.1. The molecule has 18 aromatic rings. The van der Waals surface area contributed by atoms with E-state index in [0.717, 1.165) is 116 Å². The lowest BCUT2D eigenvalue weighted by Gasteiger charge is -2.10. The number of aromatic nitrogens is 8. The van der Waals surface area contributed by atoms with Gasteiger partial charge in [0.15, 0.2) is 5.13 Å². The number of nitrogens with zero attached hydrogens (tertiary/aromatic N) is 8. The van der Waals surface area contributed by atoms with Gasteiger partial charge in [-0.15, -0.1) is 0 Å². The van der Waals surface area contributed by atoms with Gasteiger partial charge in [-0.05, 0) is 120 Å². The SMILES string of the molecule is c1ccc(-n2c3ccc(-c4ccc5oc6c(-c7ccc(-n8c9ccccc9c9c%10c%11ccccc%11n(-c%11ncncn%11)c%10ccc98)cc7)cccc6c5c4)cc3c3c4c5ccccc5n(-c5nc6ccccc6s5)c4ccc32)cc1. The zero-order chi connectivity index (χ0) is 52.2. The summed E-state index contributed by atoms with van der Waals surface area (Å²) in [5, 5.41) is 12.7. The Morgan fingerprint density at radius 2 is 0.850 bits per heavy atom. The van der Waals surface area contributed by atoms with Crippen LogP contribution in [0.4, 0.5) is 0 Å². The van der Waals surface area contributed by atoms with Crippen molar-refractivity contribution in [2.24, 2.45) is 0 Å². The summed E-state index contributed by atoms with van der Waals surface area (Å²) < 4.78 is 17.3. The highest BCUT2D eigenvalue weighted by atomic mass is 32.1. The van der Waals surface area contributed by atoms with Crippen LogP contribution in [0, 0.1) is 0 Å². The van der Waals surface area contributed by atoms with E-state index in [1.807, 2.05) is 0 Å². The first-order valence-electron chi connectivity index (χ1n) is 26.8. The Balaban J connectivity index is 0.768. The molecule has 0 aliphatic heterocycles. The molecule has 0 unspecified atom stereocenters. The summed E-state index contributed by atoms with van der Waals surface area (Å²) >= 11 is 1.73. The summed E-state index contributed by atoms with van der Waals surface area (Å²) in [5.41, 5.74) is 18.3. The van der Waals surface area contributed by atoms with Gasteiger partial charge in [-0.2, -0.15) is 0 Å². The summed E-state index contributed by atoms with van der Waals surface area (Å²) in [4.78, 5) is 18.4. The third kappa shape index (κ3) is 6.04. The number of benzene rings is 11. The molecule has 0 N–H and O–H groups in total. The second-order valence-corrected chi connectivity index (χ2v) is 21.6. The van der Waals surface area contributed by atoms with Crippen LogP contribution < -0.4 is 0 Å². The lowest BCUT2D eigenvalue weighted by atomic mass is 9.98. The third-order valence-corrected chi connectivity index (χ3v) is 17.5. The molecule has 10 heteroatoms. The van der Waals surface area contributed by atoms with Crippen molar-refractivity contribution in [1.82, 2.24) is 38.2 Å². The highest BCUT2D eigenvalue weighted by Gasteiger charge is 2.25. The van der Waals surface area contributed by atoms with Crippen LogP contribution in [-0.2, 0) is 0 Å². The Kier molecular flexibility index (Phi) is 8.91. The van der Waals surface area contributed by atoms with E-state index in [-0.39, 0.29) is 0 Å². The highest BCUT2D eigenvalue weighted by molar-refractivity contribution is 7.20. The Morgan fingerprint density at radius 1 is 0.350 bits per heavy atom. The standard InChI is InChI=1S/C70H40N8OS/c1-2-13-44(14-3-1)75-57-31-27-42(38-52(57)67-59(75)33-35-61-66(67)50-17-6-10-23-56(50)78(61)70-74-53-20-7-11-24-63(53)80-70)43-28-36-62-51(37-43)47-19-12-18-46(68(47)79-62)41-25-29-45(30-26-41)76-54-21-8-4-15-48(54)64-58(76)32-34-60-65(64)49-16-5-9-22-55(49)77(60)69-72-39-71-40-73-69/h1-40H. The molecule has 7 aromatic heterocycles. The van der Waals surface area contributed by atoms with Crippen LogP contribution >= 0.6 is 11.3 Å². The van der Waals surface area contributed by atoms with Crippen LogP contribution in [0.5, 0.6) is 0 Å². The minimum absolute atomic E-state index is 0.593. The molecule has 18 rings (SSSR count). The summed E-state index contributed by atoms with van der Waals surface area (Å²) in [6.07, 6.45) is 3.11. The first kappa shape index (κ1) is 43.4. The van der Waals surface area contributed by atoms with Crippen LogP contribution in [0.2, 0.25) is 0 Å². The average molecular weight is 1040 g/mol. The van der Waals surface area contributed by atoms with E-state index in [4.69, 9.17) is 9.40 Å². The number of fused-ring (bicyclic) bond motifs is 18. The number of hydrogen-bond donors (Lipinski definition) is 0. The molecule has 0 aliphatic rings. The van der Waals surface area contributed by atoms with Crippen molar-refractivity contribution >= 4 is 131 Å². The molecule has 11 aromatic carbocycles. The van der Waals surface area contributed by atoms with Gasteiger partial charge in [0.2, 0.25) is 5.95 Å². The van der Waals surface area contributed by atoms with E-state index >= 15 is 0 Å². The number of para-hydroxylation sites is 6. The van der Waals surface area contributed by atoms with E-state index in [0.29, 0.717) is 5.95 Å². The predicted octanol–water partition coefficient (Wildman–Crippen LogP) is 18.1. The van der Waals surface area contributed by atoms with E-state index in [1.165, 1.54) is 42.4 Å². The van der Waals surface area contributed by atoms with Crippen molar-refractivity contribution in [2.75, 3.05) is 0 Å². The van der Waals surface area contributed by atoms with Gasteiger partial charge in [0, 0.05) is 70.8 Å². The van der Waals surface area contributed by atoms with E-state index < -0.39 is 0 Å². The highest BCUT2D eigenvalue weighted by Crippen LogP contribution is 2.46. The topological polar surface area (TPSA) is 84.4 Å². The largest absolute Gasteiger partial charge is 0.455 e. The summed E-state index contributed by atoms with van der Waals surface area (Å²) in [6.45, 7) is 0. The molecule has 0 amide bonds. The molecule has 9 nitrogen and oxygen atoms in total. The van der Waals surface area contributed by atoms with Crippen molar-refractivity contribution in [1.29, 1.82) is 0 Å². The van der Waals surface area contributed by atoms with Crippen molar-refractivity contribution in [3.63, 3.8) is 0 Å². The van der Waals surface area contributed by atoms with Crippen molar-refractivity contribution in [3.05, 3.63) is 243 Å². The van der Waals surface area contributed by atoms with Crippen LogP contribution in [0.15, 0.2) is 248 Å². The second-order valence-electron chi connectivity index (χ2n) is 20.6. The first-order valence-corrected chi connectivity index (χ1v) is 27.6. The minimum atomic E-state index is 0.593. The Labute approximate surface area is 458 Å². The number of thiazole rings is 1. The molecule has 0 saturated carbocycles. The first-order chi connectivity index (χ1) is 39.7. The zero-order valence-corrected chi connectivity index (χ0v) is 43.3. The number of rotatable bonds is 6. The monoisotopic (exact) mass is 1040 g/mol. The van der Waals surface area contributed by atoms with Crippen LogP contribution in [-0.4, -0.2) is 38.2 Å². The lowest BCUT2D eigenvalue weighted by Crippen LogP contribution is -2.00. The minimum Gasteiger partial charge on any atom is -0.455 e. The van der Waals surface area contributed by atoms with E-state index in [1.54, 1.807) is 24.0 Å². The summed E-state index contributed by atoms with van der Waals surface area (Å²) in [7, 11) is 0. The van der Waals surface area contributed by atoms with Crippen LogP contribution in [0.3, 0.4) is 0 Å². The molecular formula is C70H40N8OS. The van der Waals surface area contributed by atoms with Crippen molar-refractivity contribution in [2.45, 2.75) is 0 Å². The molecule has 372 valence electrons. The predicted molar refractivity (Wildman–Crippen MR) is 329 cm³/mol. The molecule has 0 aliphatic carbocycles. The fraction of sp³-hybridized carbons (Fsp3) is 0. The molecule has 0 spiro atoms. The van der Waals surface area contributed by atoms with E-state index in [9.17, 15) is 0 Å². The van der Waals surface area contributed by atoms with Crippen LogP contribution in [0.1, 0.15) is 0 Å². The van der Waals surface area contributed by atoms with Gasteiger partial charge in [0.1, 0.15) is 23.8 Å². The van der Waals surface area contributed by atoms with Gasteiger partial charge in [-0.3, -0.25) is 9.13 Å². The molecular weight excluding hydrogens is 1000 g/mol. The normalized spacial score (nSPS) is 12.2. The van der Waals surface area contributed by atoms with Gasteiger partial charge < -0.3 is 13.6 Å². The summed E-state index contributed by atoms with van der Waals surface area (Å²) in [5.74, 6) is 0.593. The number of furan rings is 1. The molecule has 0 bridgehead atoms. The summed E-state index contributed by atoms with van der Waals surface area (Å²) in [6, 6.07) is 83.2. The molecule has 0 saturated heterocycles. The lowest BCUT2D eigenvalue weighted by molar-refractivity contribution is 0.670. The Morgan fingerprint density at radius 3 is 1.54 bits per heavy atom. The van der Waals surface area contributed by atoms with Gasteiger partial charge in [-0.25, -0.2) is 19.9 Å². The Bertz CT molecular complexity index is 5570. The third-order valence-electron chi connectivity index (χ3n) is 16.5. The van der Waals surface area contributed by atoms with Gasteiger partial charge in [-0.1, -0.05) is 139 Å². The second kappa shape index (κ2) is 16.4. The van der Waals surface area contributed by atoms with Crippen LogP contribution in [0.25, 0.3) is 164 Å². The maximum absolute atomic E-state index is 6.85. The van der Waals surface area contributed by atoms with Crippen molar-refractivity contribution < 1.29 is 4.42 Å². The molecule has 0 fully saturated rings. The molecule has 7 heterocycles. The maximum atomic E-state index is 6.85. The van der Waals surface area contributed by atoms with Gasteiger partial charge >= 0.3 is 0 Å². The Hall–Kier alpha value is -10.7. The maximum Gasteiger partial charge on any atom is 0.237 e. The van der Waals surface area contributed by atoms with Gasteiger partial charge in [0.05, 0.1) is 54.4 Å². The number of hydrogen-bond acceptors (Lipinski definition) is 6. The zero-order valence-electron chi connectivity index (χ0n) is 42.5. The van der Waals surface area contributed by atoms with Crippen molar-refractivity contribution in [3.8, 4) is 44.7 Å². The molecule has 0 atom stereocenters.